The van der Waals surface area contributed by atoms with Gasteiger partial charge < -0.3 is 4.90 Å². The van der Waals surface area contributed by atoms with Crippen molar-refractivity contribution < 1.29 is 0 Å². The van der Waals surface area contributed by atoms with Gasteiger partial charge in [-0.2, -0.15) is 5.26 Å². The van der Waals surface area contributed by atoms with E-state index in [0.29, 0.717) is 11.6 Å². The number of thiophene rings is 1. The highest BCUT2D eigenvalue weighted by atomic mass is 32.1. The van der Waals surface area contributed by atoms with E-state index < -0.39 is 0 Å². The Bertz CT molecular complexity index is 523. The lowest BCUT2D eigenvalue weighted by atomic mass is 10.2. The molecule has 0 aliphatic rings. The van der Waals surface area contributed by atoms with Crippen LogP contribution in [-0.4, -0.2) is 11.0 Å². The van der Waals surface area contributed by atoms with E-state index >= 15 is 0 Å². The van der Waals surface area contributed by atoms with E-state index in [9.17, 15) is 0 Å². The van der Waals surface area contributed by atoms with Gasteiger partial charge in [0.25, 0.3) is 0 Å². The van der Waals surface area contributed by atoms with Gasteiger partial charge in [0.05, 0.1) is 12.1 Å². The van der Waals surface area contributed by atoms with Gasteiger partial charge >= 0.3 is 0 Å². The second-order valence-corrected chi connectivity index (χ2v) is 5.35. The largest absolute Gasteiger partial charge is 0.349 e. The Kier molecular flexibility index (Phi) is 3.96. The van der Waals surface area contributed by atoms with Gasteiger partial charge in [-0.3, -0.25) is 0 Å². The number of hydrogen-bond donors (Lipinski definition) is 0. The third-order valence-electron chi connectivity index (χ3n) is 2.70. The second-order valence-electron chi connectivity index (χ2n) is 4.32. The van der Waals surface area contributed by atoms with Crippen LogP contribution in [0, 0.1) is 11.3 Å². The first-order valence-electron chi connectivity index (χ1n) is 5.86. The third kappa shape index (κ3) is 2.88. The van der Waals surface area contributed by atoms with Crippen molar-refractivity contribution >= 4 is 17.2 Å². The zero-order valence-corrected chi connectivity index (χ0v) is 11.3. The Hall–Kier alpha value is -1.86. The van der Waals surface area contributed by atoms with Crippen LogP contribution in [-0.2, 0) is 6.54 Å². The molecule has 18 heavy (non-hydrogen) atoms. The highest BCUT2D eigenvalue weighted by Crippen LogP contribution is 2.20. The topological polar surface area (TPSA) is 39.9 Å². The maximum absolute atomic E-state index is 8.78. The van der Waals surface area contributed by atoms with Gasteiger partial charge in [0.15, 0.2) is 0 Å². The molecule has 2 aromatic rings. The van der Waals surface area contributed by atoms with Crippen LogP contribution in [0.1, 0.15) is 24.3 Å². The minimum Gasteiger partial charge on any atom is -0.349 e. The monoisotopic (exact) mass is 257 g/mol. The Morgan fingerprint density at radius 2 is 2.22 bits per heavy atom. The lowest BCUT2D eigenvalue weighted by Gasteiger charge is -2.27. The summed E-state index contributed by atoms with van der Waals surface area (Å²) in [5.74, 6) is 0.914. The molecule has 0 spiro atoms. The molecule has 2 heterocycles. The first-order chi connectivity index (χ1) is 8.70. The summed E-state index contributed by atoms with van der Waals surface area (Å²) >= 11 is 1.75. The average Bonchev–Trinajstić information content (AvgIpc) is 2.89. The predicted octanol–water partition coefficient (Wildman–Crippen LogP) is 3.43. The fraction of sp³-hybridized carbons (Fsp3) is 0.286. The first-order valence-corrected chi connectivity index (χ1v) is 6.74. The smallest absolute Gasteiger partial charge is 0.129 e. The van der Waals surface area contributed by atoms with E-state index in [-0.39, 0.29) is 0 Å². The molecule has 0 amide bonds. The molecule has 0 saturated carbocycles. The SMILES string of the molecule is CC(C)N(Cc1cccs1)c1ccc(C#N)cn1. The van der Waals surface area contributed by atoms with Crippen molar-refractivity contribution in [2.45, 2.75) is 26.4 Å². The van der Waals surface area contributed by atoms with Gasteiger partial charge in [-0.25, -0.2) is 4.98 Å². The summed E-state index contributed by atoms with van der Waals surface area (Å²) in [7, 11) is 0. The zero-order valence-electron chi connectivity index (χ0n) is 10.5. The molecule has 0 saturated heterocycles. The van der Waals surface area contributed by atoms with E-state index in [4.69, 9.17) is 5.26 Å². The molecule has 0 unspecified atom stereocenters. The molecule has 0 aromatic carbocycles. The van der Waals surface area contributed by atoms with E-state index in [0.717, 1.165) is 12.4 Å². The standard InChI is InChI=1S/C14H15N3S/c1-11(2)17(10-13-4-3-7-18-13)14-6-5-12(8-15)9-16-14/h3-7,9,11H,10H2,1-2H3. The maximum atomic E-state index is 8.78. The molecule has 0 bridgehead atoms. The van der Waals surface area contributed by atoms with Gasteiger partial charge in [-0.1, -0.05) is 6.07 Å². The Balaban J connectivity index is 2.21. The van der Waals surface area contributed by atoms with Crippen molar-refractivity contribution in [1.29, 1.82) is 5.26 Å². The third-order valence-corrected chi connectivity index (χ3v) is 3.56. The molecular formula is C14H15N3S. The second kappa shape index (κ2) is 5.65. The van der Waals surface area contributed by atoms with Crippen LogP contribution in [0.25, 0.3) is 0 Å². The summed E-state index contributed by atoms with van der Waals surface area (Å²) in [6.07, 6.45) is 1.62. The summed E-state index contributed by atoms with van der Waals surface area (Å²) in [5.41, 5.74) is 0.596. The lowest BCUT2D eigenvalue weighted by Crippen LogP contribution is -2.30. The number of pyridine rings is 1. The number of anilines is 1. The summed E-state index contributed by atoms with van der Waals surface area (Å²) in [5, 5.41) is 10.9. The van der Waals surface area contributed by atoms with Crippen molar-refractivity contribution in [2.75, 3.05) is 4.90 Å². The fourth-order valence-corrected chi connectivity index (χ4v) is 2.42. The molecule has 92 valence electrons. The predicted molar refractivity (Wildman–Crippen MR) is 74.6 cm³/mol. The number of nitriles is 1. The van der Waals surface area contributed by atoms with Gasteiger partial charge in [-0.15, -0.1) is 11.3 Å². The van der Waals surface area contributed by atoms with Crippen LogP contribution in [0.15, 0.2) is 35.8 Å². The van der Waals surface area contributed by atoms with Gasteiger partial charge in [0, 0.05) is 17.1 Å². The molecular weight excluding hydrogens is 242 g/mol. The quantitative estimate of drug-likeness (QED) is 0.842. The molecule has 4 heteroatoms. The molecule has 0 N–H and O–H groups in total. The van der Waals surface area contributed by atoms with Crippen molar-refractivity contribution in [2.24, 2.45) is 0 Å². The van der Waals surface area contributed by atoms with Gasteiger partial charge in [0.2, 0.25) is 0 Å². The molecule has 0 aliphatic heterocycles. The highest BCUT2D eigenvalue weighted by Gasteiger charge is 2.12. The van der Waals surface area contributed by atoms with Crippen LogP contribution in [0.2, 0.25) is 0 Å². The minimum atomic E-state index is 0.368. The molecule has 0 atom stereocenters. The number of hydrogen-bond acceptors (Lipinski definition) is 4. The van der Waals surface area contributed by atoms with Crippen molar-refractivity contribution in [3.63, 3.8) is 0 Å². The van der Waals surface area contributed by atoms with E-state index in [2.05, 4.69) is 47.3 Å². The summed E-state index contributed by atoms with van der Waals surface area (Å²) < 4.78 is 0. The van der Waals surface area contributed by atoms with Crippen molar-refractivity contribution in [3.05, 3.63) is 46.3 Å². The Labute approximate surface area is 111 Å². The van der Waals surface area contributed by atoms with Gasteiger partial charge in [-0.05, 0) is 37.4 Å². The van der Waals surface area contributed by atoms with E-state index in [1.54, 1.807) is 17.5 Å². The molecule has 3 nitrogen and oxygen atoms in total. The molecule has 2 rings (SSSR count). The lowest BCUT2D eigenvalue weighted by molar-refractivity contribution is 0.677. The summed E-state index contributed by atoms with van der Waals surface area (Å²) in [6, 6.07) is 10.4. The number of nitrogens with zero attached hydrogens (tertiary/aromatic N) is 3. The van der Waals surface area contributed by atoms with Crippen LogP contribution in [0.5, 0.6) is 0 Å². The van der Waals surface area contributed by atoms with Crippen LogP contribution < -0.4 is 4.90 Å². The normalized spacial score (nSPS) is 10.3. The zero-order chi connectivity index (χ0) is 13.0. The van der Waals surface area contributed by atoms with E-state index in [1.807, 2.05) is 12.1 Å². The summed E-state index contributed by atoms with van der Waals surface area (Å²) in [6.45, 7) is 5.15. The average molecular weight is 257 g/mol. The summed E-state index contributed by atoms with van der Waals surface area (Å²) in [4.78, 5) is 7.90. The highest BCUT2D eigenvalue weighted by molar-refractivity contribution is 7.09. The van der Waals surface area contributed by atoms with Crippen LogP contribution in [0.3, 0.4) is 0 Å². The Morgan fingerprint density at radius 3 is 2.72 bits per heavy atom. The molecule has 0 aliphatic carbocycles. The molecule has 0 radical (unpaired) electrons. The number of rotatable bonds is 4. The maximum Gasteiger partial charge on any atom is 0.129 e. The Morgan fingerprint density at radius 1 is 1.39 bits per heavy atom. The molecule has 2 aromatic heterocycles. The van der Waals surface area contributed by atoms with Crippen LogP contribution in [0.4, 0.5) is 5.82 Å². The van der Waals surface area contributed by atoms with Crippen LogP contribution >= 0.6 is 11.3 Å². The minimum absolute atomic E-state index is 0.368. The first kappa shape index (κ1) is 12.6. The molecule has 0 fully saturated rings. The van der Waals surface area contributed by atoms with Crippen molar-refractivity contribution in [1.82, 2.24) is 4.98 Å². The van der Waals surface area contributed by atoms with E-state index in [1.165, 1.54) is 4.88 Å². The fourth-order valence-electron chi connectivity index (χ4n) is 1.72. The van der Waals surface area contributed by atoms with Gasteiger partial charge in [0.1, 0.15) is 11.9 Å². The van der Waals surface area contributed by atoms with Crippen molar-refractivity contribution in [3.8, 4) is 6.07 Å². The number of aromatic nitrogens is 1.